The van der Waals surface area contributed by atoms with Gasteiger partial charge < -0.3 is 5.32 Å². The second kappa shape index (κ2) is 5.25. The first-order chi connectivity index (χ1) is 8.29. The molecular weight excluding hydrogens is 217 g/mol. The molecule has 2 aromatic carbocycles. The SMILES string of the molecule is O=[C]c1ccc(F)cc1NCc1ccccc1. The van der Waals surface area contributed by atoms with E-state index in [1.54, 1.807) is 6.29 Å². The molecule has 0 aliphatic carbocycles. The molecule has 0 aliphatic heterocycles. The van der Waals surface area contributed by atoms with E-state index in [4.69, 9.17) is 0 Å². The fourth-order valence-electron chi connectivity index (χ4n) is 1.54. The highest BCUT2D eigenvalue weighted by Gasteiger charge is 2.03. The van der Waals surface area contributed by atoms with Gasteiger partial charge in [0.15, 0.2) is 0 Å². The van der Waals surface area contributed by atoms with Crippen LogP contribution in [0.25, 0.3) is 0 Å². The Morgan fingerprint density at radius 3 is 2.59 bits per heavy atom. The van der Waals surface area contributed by atoms with Gasteiger partial charge in [-0.2, -0.15) is 0 Å². The molecule has 0 fully saturated rings. The smallest absolute Gasteiger partial charge is 0.235 e. The van der Waals surface area contributed by atoms with Gasteiger partial charge >= 0.3 is 0 Å². The first kappa shape index (κ1) is 11.3. The van der Waals surface area contributed by atoms with Gasteiger partial charge in [0.1, 0.15) is 5.82 Å². The molecule has 17 heavy (non-hydrogen) atoms. The van der Waals surface area contributed by atoms with Crippen LogP contribution in [0.15, 0.2) is 48.5 Å². The summed E-state index contributed by atoms with van der Waals surface area (Å²) < 4.78 is 13.0. The van der Waals surface area contributed by atoms with E-state index in [0.717, 1.165) is 5.56 Å². The Morgan fingerprint density at radius 1 is 1.12 bits per heavy atom. The van der Waals surface area contributed by atoms with Gasteiger partial charge in [-0.15, -0.1) is 0 Å². The topological polar surface area (TPSA) is 29.1 Å². The fraction of sp³-hybridized carbons (Fsp3) is 0.0714. The van der Waals surface area contributed by atoms with Crippen molar-refractivity contribution in [3.63, 3.8) is 0 Å². The molecule has 3 heteroatoms. The highest BCUT2D eigenvalue weighted by Crippen LogP contribution is 2.16. The maximum absolute atomic E-state index is 13.0. The molecular formula is C14H11FNO. The number of hydrogen-bond acceptors (Lipinski definition) is 2. The first-order valence-corrected chi connectivity index (χ1v) is 5.25. The summed E-state index contributed by atoms with van der Waals surface area (Å²) >= 11 is 0. The Bertz CT molecular complexity index is 511. The van der Waals surface area contributed by atoms with Crippen molar-refractivity contribution in [2.45, 2.75) is 6.54 Å². The van der Waals surface area contributed by atoms with Crippen molar-refractivity contribution in [2.24, 2.45) is 0 Å². The van der Waals surface area contributed by atoms with Gasteiger partial charge in [-0.1, -0.05) is 30.3 Å². The number of halogens is 1. The maximum Gasteiger partial charge on any atom is 0.235 e. The van der Waals surface area contributed by atoms with Gasteiger partial charge in [0.25, 0.3) is 0 Å². The number of hydrogen-bond donors (Lipinski definition) is 1. The van der Waals surface area contributed by atoms with Crippen LogP contribution in [0.1, 0.15) is 11.1 Å². The number of anilines is 1. The molecule has 2 aromatic rings. The molecule has 85 valence electrons. The van der Waals surface area contributed by atoms with E-state index in [2.05, 4.69) is 5.32 Å². The quantitative estimate of drug-likeness (QED) is 0.871. The van der Waals surface area contributed by atoms with Gasteiger partial charge in [-0.05, 0) is 23.8 Å². The summed E-state index contributed by atoms with van der Waals surface area (Å²) in [4.78, 5) is 10.7. The summed E-state index contributed by atoms with van der Waals surface area (Å²) in [6.45, 7) is 0.541. The van der Waals surface area contributed by atoms with Crippen LogP contribution in [-0.2, 0) is 11.3 Å². The summed E-state index contributed by atoms with van der Waals surface area (Å²) in [5.41, 5.74) is 1.86. The van der Waals surface area contributed by atoms with E-state index in [0.29, 0.717) is 17.8 Å². The average Bonchev–Trinajstić information content (AvgIpc) is 2.38. The number of carbonyl (C=O) groups excluding carboxylic acids is 1. The van der Waals surface area contributed by atoms with Crippen LogP contribution in [0.3, 0.4) is 0 Å². The molecule has 0 saturated carbocycles. The molecule has 0 amide bonds. The lowest BCUT2D eigenvalue weighted by atomic mass is 10.1. The Morgan fingerprint density at radius 2 is 1.88 bits per heavy atom. The van der Waals surface area contributed by atoms with Crippen LogP contribution < -0.4 is 5.32 Å². The molecule has 2 nitrogen and oxygen atoms in total. The Labute approximate surface area is 99.1 Å². The number of nitrogens with one attached hydrogen (secondary N) is 1. The minimum atomic E-state index is -0.375. The molecule has 0 saturated heterocycles. The molecule has 0 heterocycles. The Kier molecular flexibility index (Phi) is 3.50. The first-order valence-electron chi connectivity index (χ1n) is 5.25. The van der Waals surface area contributed by atoms with Gasteiger partial charge in [0.05, 0.1) is 0 Å². The lowest BCUT2D eigenvalue weighted by Crippen LogP contribution is -2.02. The van der Waals surface area contributed by atoms with Crippen molar-refractivity contribution in [1.82, 2.24) is 0 Å². The minimum absolute atomic E-state index is 0.335. The molecule has 0 unspecified atom stereocenters. The number of rotatable bonds is 4. The van der Waals surface area contributed by atoms with Crippen molar-refractivity contribution in [2.75, 3.05) is 5.32 Å². The third-order valence-electron chi connectivity index (χ3n) is 2.42. The molecule has 0 aromatic heterocycles. The third-order valence-corrected chi connectivity index (χ3v) is 2.42. The molecule has 1 N–H and O–H groups in total. The minimum Gasteiger partial charge on any atom is -0.380 e. The summed E-state index contributed by atoms with van der Waals surface area (Å²) in [5.74, 6) is -0.375. The normalized spacial score (nSPS) is 9.94. The highest BCUT2D eigenvalue weighted by atomic mass is 19.1. The van der Waals surface area contributed by atoms with Gasteiger partial charge in [-0.3, -0.25) is 4.79 Å². The summed E-state index contributed by atoms with van der Waals surface area (Å²) in [7, 11) is 0. The van der Waals surface area contributed by atoms with Crippen LogP contribution in [-0.4, -0.2) is 6.29 Å². The summed E-state index contributed by atoms with van der Waals surface area (Å²) in [6, 6.07) is 13.6. The van der Waals surface area contributed by atoms with Gasteiger partial charge in [0, 0.05) is 17.8 Å². The van der Waals surface area contributed by atoms with E-state index in [1.165, 1.54) is 18.2 Å². The second-order valence-electron chi connectivity index (χ2n) is 3.63. The zero-order valence-electron chi connectivity index (χ0n) is 9.11. The lowest BCUT2D eigenvalue weighted by molar-refractivity contribution is 0.562. The van der Waals surface area contributed by atoms with E-state index in [-0.39, 0.29) is 5.82 Å². The lowest BCUT2D eigenvalue weighted by Gasteiger charge is -2.08. The summed E-state index contributed by atoms with van der Waals surface area (Å²) in [5, 5.41) is 3.02. The van der Waals surface area contributed by atoms with Crippen LogP contribution in [0, 0.1) is 5.82 Å². The van der Waals surface area contributed by atoms with Gasteiger partial charge in [-0.25, -0.2) is 4.39 Å². The predicted octanol–water partition coefficient (Wildman–Crippen LogP) is 2.90. The zero-order valence-corrected chi connectivity index (χ0v) is 9.11. The molecule has 0 spiro atoms. The molecule has 0 bridgehead atoms. The highest BCUT2D eigenvalue weighted by molar-refractivity contribution is 5.84. The largest absolute Gasteiger partial charge is 0.380 e. The number of benzene rings is 2. The second-order valence-corrected chi connectivity index (χ2v) is 3.63. The zero-order chi connectivity index (χ0) is 12.1. The van der Waals surface area contributed by atoms with Crippen molar-refractivity contribution >= 4 is 12.0 Å². The maximum atomic E-state index is 13.0. The average molecular weight is 228 g/mol. The fourth-order valence-corrected chi connectivity index (χ4v) is 1.54. The van der Waals surface area contributed by atoms with Crippen LogP contribution in [0.2, 0.25) is 0 Å². The Balaban J connectivity index is 2.13. The van der Waals surface area contributed by atoms with E-state index >= 15 is 0 Å². The predicted molar refractivity (Wildman–Crippen MR) is 65.0 cm³/mol. The monoisotopic (exact) mass is 228 g/mol. The van der Waals surface area contributed by atoms with Crippen LogP contribution in [0.4, 0.5) is 10.1 Å². The van der Waals surface area contributed by atoms with Crippen molar-refractivity contribution in [3.8, 4) is 0 Å². The van der Waals surface area contributed by atoms with Crippen LogP contribution in [0.5, 0.6) is 0 Å². The van der Waals surface area contributed by atoms with E-state index in [9.17, 15) is 9.18 Å². The third kappa shape index (κ3) is 2.91. The van der Waals surface area contributed by atoms with Crippen LogP contribution >= 0.6 is 0 Å². The Hall–Kier alpha value is -2.16. The van der Waals surface area contributed by atoms with E-state index in [1.807, 2.05) is 30.3 Å². The van der Waals surface area contributed by atoms with E-state index < -0.39 is 0 Å². The van der Waals surface area contributed by atoms with Gasteiger partial charge in [0.2, 0.25) is 6.29 Å². The molecule has 0 aliphatic rings. The molecule has 2 rings (SSSR count). The van der Waals surface area contributed by atoms with Crippen molar-refractivity contribution < 1.29 is 9.18 Å². The van der Waals surface area contributed by atoms with Crippen molar-refractivity contribution in [1.29, 1.82) is 0 Å². The summed E-state index contributed by atoms with van der Waals surface area (Å²) in [6.07, 6.45) is 1.78. The van der Waals surface area contributed by atoms with Crippen molar-refractivity contribution in [3.05, 3.63) is 65.5 Å². The molecule has 0 atom stereocenters. The standard InChI is InChI=1S/C14H11FNO/c15-13-7-6-12(10-17)14(8-13)16-9-11-4-2-1-3-5-11/h1-8,16H,9H2. The molecule has 1 radical (unpaired) electrons.